The minimum atomic E-state index is -4.92. The van der Waals surface area contributed by atoms with Crippen LogP contribution in [0.1, 0.15) is 142 Å². The quantitative estimate of drug-likeness (QED) is 0.0906. The fourth-order valence-electron chi connectivity index (χ4n) is 3.70. The summed E-state index contributed by atoms with van der Waals surface area (Å²) in [6.07, 6.45) is 22.2. The van der Waals surface area contributed by atoms with Gasteiger partial charge >= 0.3 is 59.1 Å². The van der Waals surface area contributed by atoms with E-state index in [2.05, 4.69) is 27.2 Å². The summed E-state index contributed by atoms with van der Waals surface area (Å²) >= 11 is 0. The zero-order valence-electron chi connectivity index (χ0n) is 23.3. The van der Waals surface area contributed by atoms with Crippen LogP contribution >= 0.6 is 15.6 Å². The molecule has 0 saturated carbocycles. The maximum atomic E-state index is 11.7. The van der Waals surface area contributed by atoms with E-state index in [1.54, 1.807) is 0 Å². The third-order valence-corrected chi connectivity index (χ3v) is 8.29. The molecular formula is C24H50Na2O7P2. The zero-order chi connectivity index (χ0) is 24.7. The van der Waals surface area contributed by atoms with Crippen molar-refractivity contribution in [2.24, 2.45) is 0 Å². The minimum absolute atomic E-state index is 0. The van der Waals surface area contributed by atoms with E-state index in [4.69, 9.17) is 0 Å². The van der Waals surface area contributed by atoms with Gasteiger partial charge in [0.05, 0.1) is 13.2 Å². The monoisotopic (exact) mass is 558 g/mol. The molecule has 35 heavy (non-hydrogen) atoms. The van der Waals surface area contributed by atoms with Crippen molar-refractivity contribution >= 4 is 15.6 Å². The Morgan fingerprint density at radius 1 is 0.457 bits per heavy atom. The fourth-order valence-corrected chi connectivity index (χ4v) is 5.76. The second-order valence-corrected chi connectivity index (χ2v) is 12.0. The first kappa shape index (κ1) is 41.7. The van der Waals surface area contributed by atoms with Gasteiger partial charge in [0.1, 0.15) is 0 Å². The Morgan fingerprint density at radius 3 is 0.943 bits per heavy atom. The summed E-state index contributed by atoms with van der Waals surface area (Å²) in [6.45, 7) is 4.26. The van der Waals surface area contributed by atoms with Crippen molar-refractivity contribution < 1.29 is 91.4 Å². The molecule has 0 bridgehead atoms. The molecule has 7 nitrogen and oxygen atoms in total. The van der Waals surface area contributed by atoms with Gasteiger partial charge in [-0.3, -0.25) is 9.13 Å². The summed E-state index contributed by atoms with van der Waals surface area (Å²) in [5.74, 6) is 0. The molecule has 2 atom stereocenters. The molecule has 200 valence electrons. The Morgan fingerprint density at radius 2 is 0.686 bits per heavy atom. The number of unbranched alkanes of at least 4 members (excludes halogenated alkanes) is 18. The molecule has 0 aromatic heterocycles. The van der Waals surface area contributed by atoms with Gasteiger partial charge in [0, 0.05) is 0 Å². The Hall–Kier alpha value is 2.26. The van der Waals surface area contributed by atoms with Gasteiger partial charge in [-0.2, -0.15) is 0 Å². The first-order chi connectivity index (χ1) is 15.8. The number of phosphoric acid groups is 2. The smallest absolute Gasteiger partial charge is 0.756 e. The van der Waals surface area contributed by atoms with Gasteiger partial charge in [0.2, 0.25) is 0 Å². The summed E-state index contributed by atoms with van der Waals surface area (Å²) < 4.78 is 37.0. The van der Waals surface area contributed by atoms with E-state index in [0.29, 0.717) is 12.8 Å². The third-order valence-electron chi connectivity index (χ3n) is 5.69. The van der Waals surface area contributed by atoms with Crippen molar-refractivity contribution in [2.75, 3.05) is 13.2 Å². The van der Waals surface area contributed by atoms with E-state index in [1.807, 2.05) is 0 Å². The van der Waals surface area contributed by atoms with Crippen LogP contribution < -0.4 is 68.9 Å². The van der Waals surface area contributed by atoms with Gasteiger partial charge < -0.3 is 18.8 Å². The number of hydrogen-bond acceptors (Lipinski definition) is 7. The van der Waals surface area contributed by atoms with E-state index in [1.165, 1.54) is 77.0 Å². The second kappa shape index (κ2) is 29.2. The minimum Gasteiger partial charge on any atom is -0.756 e. The summed E-state index contributed by atoms with van der Waals surface area (Å²) in [7, 11) is -9.85. The molecule has 0 saturated heterocycles. The van der Waals surface area contributed by atoms with Crippen LogP contribution in [0, 0.1) is 0 Å². The molecule has 0 radical (unpaired) electrons. The Bertz CT molecular complexity index is 484. The molecule has 0 rings (SSSR count). The summed E-state index contributed by atoms with van der Waals surface area (Å²) in [6, 6.07) is 0. The predicted molar refractivity (Wildman–Crippen MR) is 132 cm³/mol. The molecule has 0 heterocycles. The first-order valence-electron chi connectivity index (χ1n) is 13.5. The number of phosphoric ester groups is 2. The Labute approximate surface area is 260 Å². The van der Waals surface area contributed by atoms with Gasteiger partial charge in [-0.1, -0.05) is 129 Å². The van der Waals surface area contributed by atoms with Gasteiger partial charge in [-0.15, -0.1) is 0 Å². The molecule has 0 N–H and O–H groups in total. The van der Waals surface area contributed by atoms with Crippen molar-refractivity contribution in [1.82, 2.24) is 0 Å². The van der Waals surface area contributed by atoms with Crippen LogP contribution in [-0.2, 0) is 22.5 Å². The van der Waals surface area contributed by atoms with E-state index in [-0.39, 0.29) is 72.3 Å². The molecule has 2 unspecified atom stereocenters. The molecule has 0 aromatic rings. The van der Waals surface area contributed by atoms with Gasteiger partial charge in [-0.25, -0.2) is 4.31 Å². The summed E-state index contributed by atoms with van der Waals surface area (Å²) in [5.41, 5.74) is 0. The molecular weight excluding hydrogens is 508 g/mol. The third kappa shape index (κ3) is 32.4. The molecule has 0 aliphatic heterocycles. The van der Waals surface area contributed by atoms with Crippen LogP contribution in [0.2, 0.25) is 0 Å². The van der Waals surface area contributed by atoms with Crippen molar-refractivity contribution in [2.45, 2.75) is 142 Å². The van der Waals surface area contributed by atoms with Crippen LogP contribution in [0.15, 0.2) is 0 Å². The van der Waals surface area contributed by atoms with Crippen LogP contribution in [-0.4, -0.2) is 13.2 Å². The van der Waals surface area contributed by atoms with Gasteiger partial charge in [-0.05, 0) is 12.8 Å². The summed E-state index contributed by atoms with van der Waals surface area (Å²) in [4.78, 5) is 23.5. The molecule has 11 heteroatoms. The molecule has 0 aliphatic carbocycles. The van der Waals surface area contributed by atoms with Crippen molar-refractivity contribution in [3.8, 4) is 0 Å². The van der Waals surface area contributed by atoms with Crippen LogP contribution in [0.25, 0.3) is 0 Å². The van der Waals surface area contributed by atoms with Crippen molar-refractivity contribution in [1.29, 1.82) is 0 Å². The second-order valence-electron chi connectivity index (χ2n) is 9.01. The van der Waals surface area contributed by atoms with Gasteiger partial charge in [0.25, 0.3) is 15.6 Å². The van der Waals surface area contributed by atoms with E-state index < -0.39 is 15.6 Å². The molecule has 0 aliphatic rings. The van der Waals surface area contributed by atoms with E-state index in [0.717, 1.165) is 38.5 Å². The van der Waals surface area contributed by atoms with Crippen LogP contribution in [0.4, 0.5) is 0 Å². The first-order valence-corrected chi connectivity index (χ1v) is 16.4. The SMILES string of the molecule is CCCCCCCCCCCCOP(=O)([O-])OP(=O)([O-])OCCCCCCCCCCCC.[Na+].[Na+]. The normalized spacial score (nSPS) is 14.5. The standard InChI is InChI=1S/C24H52O7P2.2Na/c1-3-5-7-9-11-13-15-17-19-21-23-29-32(25,26)31-33(27,28)30-24-22-20-18-16-14-12-10-8-6-4-2;;/h3-24H2,1-2H3,(H,25,26)(H,27,28);;/q;2*+1/p-2. The van der Waals surface area contributed by atoms with Gasteiger partial charge in [0.15, 0.2) is 0 Å². The summed E-state index contributed by atoms with van der Waals surface area (Å²) in [5, 5.41) is 0. The van der Waals surface area contributed by atoms with E-state index >= 15 is 0 Å². The van der Waals surface area contributed by atoms with E-state index in [9.17, 15) is 18.9 Å². The fraction of sp³-hybridized carbons (Fsp3) is 1.00. The number of rotatable bonds is 26. The molecule has 0 fully saturated rings. The Balaban J connectivity index is -0.00000512. The predicted octanol–water partition coefficient (Wildman–Crippen LogP) is 1.82. The molecule has 0 amide bonds. The average Bonchev–Trinajstić information content (AvgIpc) is 2.75. The number of hydrogen-bond donors (Lipinski definition) is 0. The maximum absolute atomic E-state index is 11.7. The van der Waals surface area contributed by atoms with Crippen molar-refractivity contribution in [3.63, 3.8) is 0 Å². The Kier molecular flexibility index (Phi) is 34.9. The maximum Gasteiger partial charge on any atom is 1.00 e. The molecule has 0 aromatic carbocycles. The van der Waals surface area contributed by atoms with Crippen LogP contribution in [0.3, 0.4) is 0 Å². The van der Waals surface area contributed by atoms with Crippen LogP contribution in [0.5, 0.6) is 0 Å². The molecule has 0 spiro atoms. The van der Waals surface area contributed by atoms with Crippen molar-refractivity contribution in [3.05, 3.63) is 0 Å². The zero-order valence-corrected chi connectivity index (χ0v) is 29.1. The largest absolute Gasteiger partial charge is 1.00 e. The average molecular weight is 559 g/mol. The topological polar surface area (TPSA) is 108 Å².